The van der Waals surface area contributed by atoms with Gasteiger partial charge in [-0.1, -0.05) is 23.7 Å². The molecule has 1 saturated carbocycles. The van der Waals surface area contributed by atoms with Gasteiger partial charge in [-0.05, 0) is 74.6 Å². The molecule has 1 aliphatic rings. The molecule has 0 unspecified atom stereocenters. The van der Waals surface area contributed by atoms with Gasteiger partial charge in [-0.3, -0.25) is 10.1 Å². The number of carbonyl (C=O) groups excluding carboxylic acids is 2. The second-order valence-electron chi connectivity index (χ2n) is 8.39. The molecule has 2 aromatic carbocycles. The summed E-state index contributed by atoms with van der Waals surface area (Å²) in [7, 11) is 1.32. The normalized spacial score (nSPS) is 15.1. The first-order valence-electron chi connectivity index (χ1n) is 11.3. The average Bonchev–Trinajstić information content (AvgIpc) is 3.66. The number of ether oxygens (including phenoxy) is 2. The average molecular weight is 487 g/mol. The van der Waals surface area contributed by atoms with E-state index in [-0.39, 0.29) is 5.96 Å². The van der Waals surface area contributed by atoms with Gasteiger partial charge < -0.3 is 20.1 Å². The third kappa shape index (κ3) is 8.26. The van der Waals surface area contributed by atoms with Gasteiger partial charge in [0.15, 0.2) is 0 Å². The predicted octanol–water partition coefficient (Wildman–Crippen LogP) is 4.59. The molecule has 0 heterocycles. The van der Waals surface area contributed by atoms with Gasteiger partial charge in [-0.25, -0.2) is 9.79 Å². The summed E-state index contributed by atoms with van der Waals surface area (Å²) in [5.41, 5.74) is 1.67. The van der Waals surface area contributed by atoms with E-state index >= 15 is 0 Å². The second-order valence-corrected chi connectivity index (χ2v) is 8.83. The topological polar surface area (TPSA) is 101 Å². The van der Waals surface area contributed by atoms with Gasteiger partial charge >= 0.3 is 12.0 Å². The first kappa shape index (κ1) is 25.4. The van der Waals surface area contributed by atoms with Crippen LogP contribution in [0.3, 0.4) is 0 Å². The number of esters is 1. The van der Waals surface area contributed by atoms with E-state index in [1.165, 1.54) is 20.0 Å². The smallest absolute Gasteiger partial charge is 0.321 e. The monoisotopic (exact) mass is 486 g/mol. The Morgan fingerprint density at radius 2 is 1.76 bits per heavy atom. The number of methoxy groups -OCH3 is 1. The Morgan fingerprint density at radius 1 is 1.09 bits per heavy atom. The number of hydrogen-bond donors (Lipinski definition) is 3. The van der Waals surface area contributed by atoms with Crippen LogP contribution in [0.4, 0.5) is 10.5 Å². The highest BCUT2D eigenvalue weighted by Gasteiger charge is 2.23. The molecule has 34 heavy (non-hydrogen) atoms. The maximum Gasteiger partial charge on any atom is 0.321 e. The van der Waals surface area contributed by atoms with Crippen LogP contribution < -0.4 is 20.7 Å². The van der Waals surface area contributed by atoms with Gasteiger partial charge in [0.05, 0.1) is 26.2 Å². The molecule has 0 aliphatic heterocycles. The van der Waals surface area contributed by atoms with Crippen LogP contribution in [0.2, 0.25) is 5.02 Å². The molecular weight excluding hydrogens is 456 g/mol. The van der Waals surface area contributed by atoms with Crippen LogP contribution in [0.25, 0.3) is 0 Å². The molecule has 0 bridgehead atoms. The molecule has 3 N–H and O–H groups in total. The van der Waals surface area contributed by atoms with Crippen molar-refractivity contribution in [2.75, 3.05) is 19.0 Å². The van der Waals surface area contributed by atoms with Crippen LogP contribution >= 0.6 is 11.6 Å². The van der Waals surface area contributed by atoms with Crippen LogP contribution in [-0.2, 0) is 16.1 Å². The van der Waals surface area contributed by atoms with E-state index in [4.69, 9.17) is 21.1 Å². The molecule has 9 heteroatoms. The molecule has 2 aromatic rings. The van der Waals surface area contributed by atoms with E-state index < -0.39 is 24.0 Å². The Labute approximate surface area is 205 Å². The highest BCUT2D eigenvalue weighted by molar-refractivity contribution is 6.30. The minimum atomic E-state index is -0.499. The van der Waals surface area contributed by atoms with Crippen molar-refractivity contribution in [3.8, 4) is 5.75 Å². The molecule has 8 nitrogen and oxygen atoms in total. The minimum Gasteiger partial charge on any atom is -0.493 e. The number of benzene rings is 2. The van der Waals surface area contributed by atoms with Crippen molar-refractivity contribution in [1.82, 2.24) is 10.6 Å². The van der Waals surface area contributed by atoms with Crippen LogP contribution in [-0.4, -0.2) is 37.7 Å². The maximum atomic E-state index is 12.6. The van der Waals surface area contributed by atoms with Gasteiger partial charge in [-0.2, -0.15) is 0 Å². The molecule has 0 saturated heterocycles. The number of nitrogens with one attached hydrogen (secondary N) is 3. The molecule has 2 atom stereocenters. The van der Waals surface area contributed by atoms with Crippen molar-refractivity contribution in [1.29, 1.82) is 0 Å². The lowest BCUT2D eigenvalue weighted by molar-refractivity contribution is -0.145. The standard InChI is InChI=1S/C25H31ClN4O4/c1-16(23(31)33-3)17(2)28-25(32)30-24(27-14-18-6-8-20(26)9-7-18)29-21-10-12-22(13-11-21)34-15-19-4-5-19/h6-13,16-17,19H,4-5,14-15H2,1-3H3,(H3,27,28,29,30,32)/t16-,17+/m1/s1. The molecule has 3 rings (SSSR count). The summed E-state index contributed by atoms with van der Waals surface area (Å²) in [6.07, 6.45) is 2.47. The van der Waals surface area contributed by atoms with E-state index in [2.05, 4.69) is 20.9 Å². The van der Waals surface area contributed by atoms with Gasteiger partial charge in [0, 0.05) is 16.8 Å². The number of urea groups is 1. The second kappa shape index (κ2) is 12.3. The molecule has 0 aromatic heterocycles. The quantitative estimate of drug-likeness (QED) is 0.273. The van der Waals surface area contributed by atoms with Crippen molar-refractivity contribution in [2.24, 2.45) is 16.8 Å². The summed E-state index contributed by atoms with van der Waals surface area (Å²) in [5, 5.41) is 9.26. The highest BCUT2D eigenvalue weighted by Crippen LogP contribution is 2.29. The summed E-state index contributed by atoms with van der Waals surface area (Å²) >= 11 is 5.96. The number of nitrogens with zero attached hydrogens (tertiary/aromatic N) is 1. The van der Waals surface area contributed by atoms with E-state index in [1.807, 2.05) is 36.4 Å². The fourth-order valence-corrected chi connectivity index (χ4v) is 3.13. The van der Waals surface area contributed by atoms with Crippen molar-refractivity contribution in [3.05, 3.63) is 59.1 Å². The molecule has 2 amide bonds. The summed E-state index contributed by atoms with van der Waals surface area (Å²) in [5.74, 6) is 0.842. The fourth-order valence-electron chi connectivity index (χ4n) is 3.01. The minimum absolute atomic E-state index is 0.261. The fraction of sp³-hybridized carbons (Fsp3) is 0.400. The Kier molecular flexibility index (Phi) is 9.16. The third-order valence-electron chi connectivity index (χ3n) is 5.55. The van der Waals surface area contributed by atoms with Crippen molar-refractivity contribution in [2.45, 2.75) is 39.3 Å². The number of halogens is 1. The van der Waals surface area contributed by atoms with Crippen LogP contribution in [0.15, 0.2) is 53.5 Å². The van der Waals surface area contributed by atoms with Crippen LogP contribution in [0.5, 0.6) is 5.75 Å². The number of hydrogen-bond acceptors (Lipinski definition) is 5. The summed E-state index contributed by atoms with van der Waals surface area (Å²) in [4.78, 5) is 28.9. The zero-order chi connectivity index (χ0) is 24.5. The molecular formula is C25H31ClN4O4. The number of rotatable bonds is 9. The van der Waals surface area contributed by atoms with Crippen molar-refractivity contribution < 1.29 is 19.1 Å². The van der Waals surface area contributed by atoms with E-state index in [9.17, 15) is 9.59 Å². The SMILES string of the molecule is COC(=O)[C@H](C)[C@H](C)NC(=O)NC(=NCc1ccc(Cl)cc1)Nc1ccc(OCC2CC2)cc1. The van der Waals surface area contributed by atoms with Gasteiger partial charge in [0.25, 0.3) is 0 Å². The summed E-state index contributed by atoms with van der Waals surface area (Å²) < 4.78 is 10.5. The maximum absolute atomic E-state index is 12.6. The summed E-state index contributed by atoms with van der Waals surface area (Å²) in [6, 6.07) is 13.9. The first-order valence-corrected chi connectivity index (χ1v) is 11.7. The van der Waals surface area contributed by atoms with Gasteiger partial charge in [0.1, 0.15) is 5.75 Å². The zero-order valence-electron chi connectivity index (χ0n) is 19.6. The highest BCUT2D eigenvalue weighted by atomic mass is 35.5. The molecule has 182 valence electrons. The molecule has 0 radical (unpaired) electrons. The Hall–Kier alpha value is -3.26. The lowest BCUT2D eigenvalue weighted by Crippen LogP contribution is -2.48. The van der Waals surface area contributed by atoms with Gasteiger partial charge in [-0.15, -0.1) is 0 Å². The molecule has 1 fully saturated rings. The largest absolute Gasteiger partial charge is 0.493 e. The van der Waals surface area contributed by atoms with Gasteiger partial charge in [0.2, 0.25) is 5.96 Å². The Balaban J connectivity index is 1.65. The third-order valence-corrected chi connectivity index (χ3v) is 5.80. The number of anilines is 1. The molecule has 0 spiro atoms. The van der Waals surface area contributed by atoms with Crippen molar-refractivity contribution in [3.63, 3.8) is 0 Å². The number of guanidine groups is 1. The number of carbonyl (C=O) groups is 2. The Bertz CT molecular complexity index is 991. The van der Waals surface area contributed by atoms with Crippen molar-refractivity contribution >= 4 is 35.2 Å². The lowest BCUT2D eigenvalue weighted by Gasteiger charge is -2.20. The molecule has 1 aliphatic carbocycles. The van der Waals surface area contributed by atoms with Crippen LogP contribution in [0, 0.1) is 11.8 Å². The summed E-state index contributed by atoms with van der Waals surface area (Å²) in [6.45, 7) is 4.50. The predicted molar refractivity (Wildman–Crippen MR) is 133 cm³/mol. The lowest BCUT2D eigenvalue weighted by atomic mass is 10.0. The van der Waals surface area contributed by atoms with E-state index in [0.29, 0.717) is 17.5 Å². The first-order chi connectivity index (χ1) is 16.3. The number of aliphatic imine (C=N–C) groups is 1. The van der Waals surface area contributed by atoms with Crippen LogP contribution in [0.1, 0.15) is 32.3 Å². The zero-order valence-corrected chi connectivity index (χ0v) is 20.4. The Morgan fingerprint density at radius 3 is 2.38 bits per heavy atom. The number of amides is 2. The van der Waals surface area contributed by atoms with E-state index in [1.54, 1.807) is 26.0 Å². The van der Waals surface area contributed by atoms with E-state index in [0.717, 1.165) is 23.6 Å².